The average Bonchev–Trinajstić information content (AvgIpc) is 2.73. The number of carbonyl (C=O) groups is 2. The highest BCUT2D eigenvalue weighted by Crippen LogP contribution is 2.37. The van der Waals surface area contributed by atoms with Gasteiger partial charge in [-0.3, -0.25) is 14.5 Å². The molecule has 5 nitrogen and oxygen atoms in total. The summed E-state index contributed by atoms with van der Waals surface area (Å²) in [7, 11) is 0. The van der Waals surface area contributed by atoms with Crippen molar-refractivity contribution >= 4 is 11.9 Å². The van der Waals surface area contributed by atoms with E-state index in [9.17, 15) is 14.7 Å². The van der Waals surface area contributed by atoms with Crippen molar-refractivity contribution in [2.45, 2.75) is 46.6 Å². The van der Waals surface area contributed by atoms with Gasteiger partial charge in [-0.15, -0.1) is 0 Å². The van der Waals surface area contributed by atoms with Gasteiger partial charge in [0, 0.05) is 12.6 Å². The van der Waals surface area contributed by atoms with Crippen molar-refractivity contribution in [2.24, 2.45) is 11.3 Å². The van der Waals surface area contributed by atoms with Gasteiger partial charge in [-0.05, 0) is 32.2 Å². The van der Waals surface area contributed by atoms with Crippen molar-refractivity contribution < 1.29 is 14.7 Å². The van der Waals surface area contributed by atoms with Gasteiger partial charge in [0.15, 0.2) is 0 Å². The number of hydrogen-bond acceptors (Lipinski definition) is 3. The molecule has 0 aliphatic carbocycles. The first-order valence-electron chi connectivity index (χ1n) is 7.07. The first-order chi connectivity index (χ1) is 8.81. The van der Waals surface area contributed by atoms with Crippen LogP contribution >= 0.6 is 0 Å². The molecule has 0 saturated carbocycles. The standard InChI is InChI=1S/C14H26N2O3/c1-5-11(4)15-12(17)8-16-7-6-14(9-16,10(2)3)13(18)19/h10-11H,5-9H2,1-4H3,(H,15,17)(H,18,19). The summed E-state index contributed by atoms with van der Waals surface area (Å²) < 4.78 is 0. The lowest BCUT2D eigenvalue weighted by molar-refractivity contribution is -0.151. The predicted octanol–water partition coefficient (Wildman–Crippen LogP) is 1.33. The molecule has 2 atom stereocenters. The maximum atomic E-state index is 11.8. The van der Waals surface area contributed by atoms with E-state index in [1.807, 2.05) is 32.6 Å². The fourth-order valence-electron chi connectivity index (χ4n) is 2.57. The van der Waals surface area contributed by atoms with Crippen LogP contribution in [0, 0.1) is 11.3 Å². The normalized spacial score (nSPS) is 25.5. The van der Waals surface area contributed by atoms with E-state index >= 15 is 0 Å². The van der Waals surface area contributed by atoms with Crippen molar-refractivity contribution in [3.63, 3.8) is 0 Å². The molecule has 1 rings (SSSR count). The van der Waals surface area contributed by atoms with Gasteiger partial charge >= 0.3 is 5.97 Å². The van der Waals surface area contributed by atoms with E-state index in [1.54, 1.807) is 0 Å². The van der Waals surface area contributed by atoms with Crippen molar-refractivity contribution in [3.05, 3.63) is 0 Å². The number of hydrogen-bond donors (Lipinski definition) is 2. The zero-order chi connectivity index (χ0) is 14.6. The first-order valence-corrected chi connectivity index (χ1v) is 7.07. The highest BCUT2D eigenvalue weighted by Gasteiger charge is 2.47. The summed E-state index contributed by atoms with van der Waals surface area (Å²) in [6.45, 7) is 9.32. The van der Waals surface area contributed by atoms with Crippen LogP contribution < -0.4 is 5.32 Å². The molecule has 1 amide bonds. The third kappa shape index (κ3) is 3.69. The van der Waals surface area contributed by atoms with Crippen LogP contribution in [0.2, 0.25) is 0 Å². The van der Waals surface area contributed by atoms with Crippen molar-refractivity contribution in [2.75, 3.05) is 19.6 Å². The second kappa shape index (κ2) is 6.37. The van der Waals surface area contributed by atoms with Crippen LogP contribution in [0.15, 0.2) is 0 Å². The average molecular weight is 270 g/mol. The summed E-state index contributed by atoms with van der Waals surface area (Å²) in [4.78, 5) is 25.3. The summed E-state index contributed by atoms with van der Waals surface area (Å²) in [5, 5.41) is 12.4. The summed E-state index contributed by atoms with van der Waals surface area (Å²) in [5.74, 6) is -0.681. The van der Waals surface area contributed by atoms with E-state index in [4.69, 9.17) is 0 Å². The Bertz CT molecular complexity index is 344. The molecule has 2 unspecified atom stereocenters. The third-order valence-electron chi connectivity index (χ3n) is 4.30. The maximum absolute atomic E-state index is 11.8. The van der Waals surface area contributed by atoms with E-state index in [0.717, 1.165) is 6.42 Å². The quantitative estimate of drug-likeness (QED) is 0.764. The van der Waals surface area contributed by atoms with E-state index < -0.39 is 11.4 Å². The fourth-order valence-corrected chi connectivity index (χ4v) is 2.57. The number of carboxylic acid groups (broad SMARTS) is 1. The van der Waals surface area contributed by atoms with Crippen molar-refractivity contribution in [1.82, 2.24) is 10.2 Å². The minimum Gasteiger partial charge on any atom is -0.481 e. The number of nitrogens with one attached hydrogen (secondary N) is 1. The molecule has 5 heteroatoms. The summed E-state index contributed by atoms with van der Waals surface area (Å²) >= 11 is 0. The number of nitrogens with zero attached hydrogens (tertiary/aromatic N) is 1. The molecule has 0 bridgehead atoms. The number of carbonyl (C=O) groups excluding carboxylic acids is 1. The summed E-state index contributed by atoms with van der Waals surface area (Å²) in [6, 6.07) is 0.171. The minimum absolute atomic E-state index is 0.0145. The van der Waals surface area contributed by atoms with E-state index in [0.29, 0.717) is 26.1 Å². The van der Waals surface area contributed by atoms with Gasteiger partial charge in [0.2, 0.25) is 5.91 Å². The third-order valence-corrected chi connectivity index (χ3v) is 4.30. The Kier molecular flexibility index (Phi) is 5.35. The van der Waals surface area contributed by atoms with Crippen molar-refractivity contribution in [3.8, 4) is 0 Å². The topological polar surface area (TPSA) is 69.6 Å². The maximum Gasteiger partial charge on any atom is 0.311 e. The van der Waals surface area contributed by atoms with Crippen LogP contribution in [-0.2, 0) is 9.59 Å². The van der Waals surface area contributed by atoms with Crippen LogP contribution in [0.25, 0.3) is 0 Å². The molecule has 1 heterocycles. The Balaban J connectivity index is 2.56. The molecule has 0 aromatic rings. The molecular weight excluding hydrogens is 244 g/mol. The Morgan fingerprint density at radius 2 is 2.00 bits per heavy atom. The largest absolute Gasteiger partial charge is 0.481 e. The number of rotatable bonds is 6. The summed E-state index contributed by atoms with van der Waals surface area (Å²) in [5.41, 5.74) is -0.698. The smallest absolute Gasteiger partial charge is 0.311 e. The van der Waals surface area contributed by atoms with E-state index in [2.05, 4.69) is 5.32 Å². The minimum atomic E-state index is -0.743. The molecule has 1 fully saturated rings. The highest BCUT2D eigenvalue weighted by atomic mass is 16.4. The van der Waals surface area contributed by atoms with Gasteiger partial charge in [0.1, 0.15) is 0 Å². The van der Waals surface area contributed by atoms with Gasteiger partial charge in [0.25, 0.3) is 0 Å². The van der Waals surface area contributed by atoms with Crippen molar-refractivity contribution in [1.29, 1.82) is 0 Å². The SMILES string of the molecule is CCC(C)NC(=O)CN1CCC(C(=O)O)(C(C)C)C1. The fraction of sp³-hybridized carbons (Fsp3) is 0.857. The van der Waals surface area contributed by atoms with Crippen LogP contribution in [-0.4, -0.2) is 47.6 Å². The molecule has 1 aliphatic rings. The Labute approximate surface area is 115 Å². The Hall–Kier alpha value is -1.10. The van der Waals surface area contributed by atoms with Crippen LogP contribution in [0.1, 0.15) is 40.5 Å². The molecule has 110 valence electrons. The van der Waals surface area contributed by atoms with Gasteiger partial charge < -0.3 is 10.4 Å². The van der Waals surface area contributed by atoms with Gasteiger partial charge in [0.05, 0.1) is 12.0 Å². The van der Waals surface area contributed by atoms with Gasteiger partial charge in [-0.2, -0.15) is 0 Å². The van der Waals surface area contributed by atoms with Crippen LogP contribution in [0.3, 0.4) is 0 Å². The number of aliphatic carboxylic acids is 1. The Morgan fingerprint density at radius 3 is 2.42 bits per heavy atom. The highest BCUT2D eigenvalue weighted by molar-refractivity contribution is 5.79. The van der Waals surface area contributed by atoms with Crippen LogP contribution in [0.4, 0.5) is 0 Å². The molecule has 0 spiro atoms. The molecule has 1 saturated heterocycles. The van der Waals surface area contributed by atoms with E-state index in [1.165, 1.54) is 0 Å². The van der Waals surface area contributed by atoms with Crippen LogP contribution in [0.5, 0.6) is 0 Å². The Morgan fingerprint density at radius 1 is 1.37 bits per heavy atom. The first kappa shape index (κ1) is 16.0. The lowest BCUT2D eigenvalue weighted by Crippen LogP contribution is -2.43. The second-order valence-electron chi connectivity index (χ2n) is 5.95. The molecule has 2 N–H and O–H groups in total. The molecule has 0 aromatic carbocycles. The van der Waals surface area contributed by atoms with Gasteiger partial charge in [-0.25, -0.2) is 0 Å². The zero-order valence-electron chi connectivity index (χ0n) is 12.4. The molecule has 0 aromatic heterocycles. The zero-order valence-corrected chi connectivity index (χ0v) is 12.4. The van der Waals surface area contributed by atoms with E-state index in [-0.39, 0.29) is 17.9 Å². The molecule has 19 heavy (non-hydrogen) atoms. The summed E-state index contributed by atoms with van der Waals surface area (Å²) in [6.07, 6.45) is 1.52. The number of amides is 1. The lowest BCUT2D eigenvalue weighted by Gasteiger charge is -2.28. The lowest BCUT2D eigenvalue weighted by atomic mass is 9.76. The van der Waals surface area contributed by atoms with Gasteiger partial charge in [-0.1, -0.05) is 20.8 Å². The second-order valence-corrected chi connectivity index (χ2v) is 5.95. The molecule has 1 aliphatic heterocycles. The molecule has 0 radical (unpaired) electrons. The monoisotopic (exact) mass is 270 g/mol. The number of likely N-dealkylation sites (tertiary alicyclic amines) is 1. The predicted molar refractivity (Wildman–Crippen MR) is 73.9 cm³/mol. The molecular formula is C14H26N2O3. The number of carboxylic acids is 1.